The van der Waals surface area contributed by atoms with Crippen molar-refractivity contribution < 1.29 is 32.9 Å². The fraction of sp³-hybridized carbons (Fsp3) is 0.679. The largest absolute Gasteiger partial charge is 0.756 e. The van der Waals surface area contributed by atoms with Crippen molar-refractivity contribution in [2.75, 3.05) is 40.9 Å². The van der Waals surface area contributed by atoms with E-state index < -0.39 is 26.6 Å². The summed E-state index contributed by atoms with van der Waals surface area (Å²) in [6.45, 7) is 4.47. The van der Waals surface area contributed by atoms with Crippen molar-refractivity contribution in [2.45, 2.75) is 193 Å². The van der Waals surface area contributed by atoms with E-state index >= 15 is 0 Å². The first-order chi connectivity index (χ1) is 30.0. The zero-order valence-electron chi connectivity index (χ0n) is 40.3. The predicted octanol–water partition coefficient (Wildman–Crippen LogP) is 13.7. The monoisotopic (exact) mass is 885 g/mol. The number of phosphoric ester groups is 1. The van der Waals surface area contributed by atoms with Gasteiger partial charge in [0, 0.05) is 6.42 Å². The molecule has 0 rings (SSSR count). The van der Waals surface area contributed by atoms with Crippen LogP contribution in [0.3, 0.4) is 0 Å². The second-order valence-electron chi connectivity index (χ2n) is 17.4. The molecule has 8 nitrogen and oxygen atoms in total. The Bertz CT molecular complexity index is 1330. The molecular formula is C53H93N2O6P. The number of carbonyl (C=O) groups is 1. The third-order valence-electron chi connectivity index (χ3n) is 10.3. The zero-order chi connectivity index (χ0) is 45.7. The van der Waals surface area contributed by atoms with E-state index in [1.807, 2.05) is 27.2 Å². The third kappa shape index (κ3) is 45.4. The van der Waals surface area contributed by atoms with E-state index in [1.165, 1.54) is 83.5 Å². The van der Waals surface area contributed by atoms with E-state index in [1.54, 1.807) is 6.08 Å². The Kier molecular flexibility index (Phi) is 41.8. The Hall–Kier alpha value is -2.58. The van der Waals surface area contributed by atoms with Gasteiger partial charge in [-0.1, -0.05) is 201 Å². The third-order valence-corrected chi connectivity index (χ3v) is 11.3. The first-order valence-electron chi connectivity index (χ1n) is 24.6. The average Bonchev–Trinajstić information content (AvgIpc) is 3.23. The number of aliphatic hydroxyl groups excluding tert-OH is 1. The summed E-state index contributed by atoms with van der Waals surface area (Å²) in [5.41, 5.74) is 0. The number of quaternary nitrogens is 1. The number of carbonyl (C=O) groups excluding carboxylic acids is 1. The maximum atomic E-state index is 12.9. The molecule has 0 aliphatic rings. The molecule has 0 radical (unpaired) electrons. The van der Waals surface area contributed by atoms with E-state index in [0.717, 1.165) is 70.6 Å². The molecule has 0 heterocycles. The van der Waals surface area contributed by atoms with Crippen LogP contribution in [0.1, 0.15) is 181 Å². The van der Waals surface area contributed by atoms with Gasteiger partial charge in [0.2, 0.25) is 5.91 Å². The Morgan fingerprint density at radius 3 is 1.42 bits per heavy atom. The first kappa shape index (κ1) is 59.4. The lowest BCUT2D eigenvalue weighted by Gasteiger charge is -2.29. The van der Waals surface area contributed by atoms with Crippen LogP contribution in [-0.2, 0) is 18.4 Å². The molecule has 3 atom stereocenters. The fourth-order valence-corrected chi connectivity index (χ4v) is 7.16. The number of hydrogen-bond acceptors (Lipinski definition) is 6. The van der Waals surface area contributed by atoms with Crippen LogP contribution in [0.2, 0.25) is 0 Å². The standard InChI is InChI=1S/C53H93N2O6P/c1-6-8-10-12-14-16-18-20-22-24-25-26-27-28-29-31-33-35-37-39-41-43-45-47-53(57)54-51(50-61-62(58,59)60-49-48-55(3,4)5)52(56)46-44-42-40-38-36-34-32-30-23-21-19-17-15-13-11-9-7-2/h8,10,14,16,20,22,25-26,28-29,33,35,39,41,44,46,51-52,56H,6-7,9,11-13,15,17-19,21,23-24,27,30-32,34,36-38,40,42-43,45,47-50H2,1-5H3,(H-,54,57,58,59)/b10-8-,16-14-,22-20-,26-25-,29-28-,35-33-,41-39-,46-44+. The molecule has 3 unspecified atom stereocenters. The molecule has 9 heteroatoms. The Labute approximate surface area is 381 Å². The lowest BCUT2D eigenvalue weighted by molar-refractivity contribution is -0.870. The van der Waals surface area contributed by atoms with Crippen LogP contribution in [0.5, 0.6) is 0 Å². The van der Waals surface area contributed by atoms with E-state index in [-0.39, 0.29) is 18.9 Å². The average molecular weight is 885 g/mol. The molecule has 0 aliphatic carbocycles. The number of aliphatic hydroxyl groups is 1. The summed E-state index contributed by atoms with van der Waals surface area (Å²) in [7, 11) is 1.21. The Morgan fingerprint density at radius 1 is 0.581 bits per heavy atom. The number of allylic oxidation sites excluding steroid dienone is 15. The molecule has 2 N–H and O–H groups in total. The topological polar surface area (TPSA) is 108 Å². The van der Waals surface area contributed by atoms with Crippen LogP contribution < -0.4 is 10.2 Å². The minimum absolute atomic E-state index is 0.0172. The van der Waals surface area contributed by atoms with Gasteiger partial charge in [0.05, 0.1) is 39.9 Å². The molecule has 0 bridgehead atoms. The van der Waals surface area contributed by atoms with Crippen molar-refractivity contribution in [3.05, 3.63) is 97.2 Å². The van der Waals surface area contributed by atoms with Crippen LogP contribution in [0.25, 0.3) is 0 Å². The van der Waals surface area contributed by atoms with Gasteiger partial charge in [0.15, 0.2) is 0 Å². The fourth-order valence-electron chi connectivity index (χ4n) is 6.43. The van der Waals surface area contributed by atoms with Gasteiger partial charge in [-0.25, -0.2) is 0 Å². The maximum Gasteiger partial charge on any atom is 0.268 e. The van der Waals surface area contributed by atoms with Crippen LogP contribution in [0, 0.1) is 0 Å². The van der Waals surface area contributed by atoms with Crippen molar-refractivity contribution in [2.24, 2.45) is 0 Å². The van der Waals surface area contributed by atoms with Crippen LogP contribution in [0.4, 0.5) is 0 Å². The first-order valence-corrected chi connectivity index (χ1v) is 26.1. The lowest BCUT2D eigenvalue weighted by Crippen LogP contribution is -2.45. The number of nitrogens with zero attached hydrogens (tertiary/aromatic N) is 1. The van der Waals surface area contributed by atoms with Gasteiger partial charge in [0.1, 0.15) is 13.2 Å². The van der Waals surface area contributed by atoms with E-state index in [4.69, 9.17) is 9.05 Å². The van der Waals surface area contributed by atoms with Crippen LogP contribution in [-0.4, -0.2) is 68.5 Å². The molecule has 0 aliphatic heterocycles. The van der Waals surface area contributed by atoms with Gasteiger partial charge in [-0.3, -0.25) is 9.36 Å². The highest BCUT2D eigenvalue weighted by Crippen LogP contribution is 2.38. The molecule has 0 aromatic rings. The summed E-state index contributed by atoms with van der Waals surface area (Å²) in [6.07, 6.45) is 61.8. The molecule has 356 valence electrons. The Balaban J connectivity index is 4.49. The molecule has 62 heavy (non-hydrogen) atoms. The van der Waals surface area contributed by atoms with Crippen LogP contribution in [0.15, 0.2) is 97.2 Å². The number of hydrogen-bond donors (Lipinski definition) is 2. The summed E-state index contributed by atoms with van der Waals surface area (Å²) >= 11 is 0. The maximum absolute atomic E-state index is 12.9. The summed E-state index contributed by atoms with van der Waals surface area (Å²) in [5, 5.41) is 13.8. The molecule has 0 saturated carbocycles. The lowest BCUT2D eigenvalue weighted by atomic mass is 10.0. The Morgan fingerprint density at radius 2 is 0.984 bits per heavy atom. The second-order valence-corrected chi connectivity index (χ2v) is 18.8. The highest BCUT2D eigenvalue weighted by Gasteiger charge is 2.23. The molecule has 0 saturated heterocycles. The normalized spacial score (nSPS) is 15.0. The van der Waals surface area contributed by atoms with E-state index in [0.29, 0.717) is 17.4 Å². The number of nitrogens with one attached hydrogen (secondary N) is 1. The summed E-state index contributed by atoms with van der Waals surface area (Å²) in [5.74, 6) is -0.259. The van der Waals surface area contributed by atoms with E-state index in [9.17, 15) is 19.4 Å². The minimum atomic E-state index is -4.61. The van der Waals surface area contributed by atoms with Gasteiger partial charge in [-0.15, -0.1) is 0 Å². The van der Waals surface area contributed by atoms with Gasteiger partial charge in [-0.05, 0) is 70.6 Å². The SMILES string of the molecule is CC/C=C\C/C=C\C/C=C\C/C=C\C/C=C\C/C=C\C/C=C\CCCC(=O)NC(COP(=O)([O-])OCC[N+](C)(C)C)C(O)/C=C/CCCCCCCCCCCCCCCCC. The number of likely N-dealkylation sites (N-methyl/N-ethyl adjacent to an activating group) is 1. The van der Waals surface area contributed by atoms with Crippen molar-refractivity contribution in [3.63, 3.8) is 0 Å². The summed E-state index contributed by atoms with van der Waals surface area (Å²) < 4.78 is 23.2. The van der Waals surface area contributed by atoms with Gasteiger partial charge in [-0.2, -0.15) is 0 Å². The minimum Gasteiger partial charge on any atom is -0.756 e. The highest BCUT2D eigenvalue weighted by molar-refractivity contribution is 7.45. The molecule has 0 aromatic heterocycles. The van der Waals surface area contributed by atoms with Gasteiger partial charge in [0.25, 0.3) is 7.82 Å². The van der Waals surface area contributed by atoms with Crippen LogP contribution >= 0.6 is 7.82 Å². The zero-order valence-corrected chi connectivity index (χ0v) is 41.2. The van der Waals surface area contributed by atoms with Crippen molar-refractivity contribution >= 4 is 13.7 Å². The molecule has 1 amide bonds. The van der Waals surface area contributed by atoms with Crippen molar-refractivity contribution in [1.29, 1.82) is 0 Å². The number of phosphoric acid groups is 1. The van der Waals surface area contributed by atoms with Crippen molar-refractivity contribution in [3.8, 4) is 0 Å². The molecular weight excluding hydrogens is 792 g/mol. The predicted molar refractivity (Wildman–Crippen MR) is 265 cm³/mol. The smallest absolute Gasteiger partial charge is 0.268 e. The second kappa shape index (κ2) is 43.7. The number of rotatable bonds is 43. The molecule has 0 fully saturated rings. The highest BCUT2D eigenvalue weighted by atomic mass is 31.2. The van der Waals surface area contributed by atoms with Gasteiger partial charge < -0.3 is 28.8 Å². The summed E-state index contributed by atoms with van der Waals surface area (Å²) in [6, 6.07) is -0.923. The number of amides is 1. The summed E-state index contributed by atoms with van der Waals surface area (Å²) in [4.78, 5) is 25.4. The van der Waals surface area contributed by atoms with Crippen molar-refractivity contribution in [1.82, 2.24) is 5.32 Å². The molecule has 0 aromatic carbocycles. The number of unbranched alkanes of at least 4 members (excludes halogenated alkanes) is 16. The van der Waals surface area contributed by atoms with E-state index in [2.05, 4.69) is 104 Å². The van der Waals surface area contributed by atoms with Gasteiger partial charge >= 0.3 is 0 Å². The molecule has 0 spiro atoms. The quantitative estimate of drug-likeness (QED) is 0.0273.